The lowest BCUT2D eigenvalue weighted by atomic mass is 10.2. The zero-order valence-corrected chi connectivity index (χ0v) is 17.4. The lowest BCUT2D eigenvalue weighted by Crippen LogP contribution is -2.52. The number of rotatable bonds is 6. The molecule has 0 radical (unpaired) electrons. The molecule has 1 aromatic heterocycles. The van der Waals surface area contributed by atoms with Gasteiger partial charge in [0.15, 0.2) is 5.96 Å². The van der Waals surface area contributed by atoms with Gasteiger partial charge in [0.05, 0.1) is 11.3 Å². The van der Waals surface area contributed by atoms with E-state index in [1.165, 1.54) is 6.07 Å². The molecule has 0 spiro atoms. The summed E-state index contributed by atoms with van der Waals surface area (Å²) in [7, 11) is 1.74. The zero-order valence-electron chi connectivity index (χ0n) is 17.4. The van der Waals surface area contributed by atoms with E-state index in [0.29, 0.717) is 18.9 Å². The first-order chi connectivity index (χ1) is 14.9. The molecule has 0 unspecified atom stereocenters. The van der Waals surface area contributed by atoms with Crippen molar-refractivity contribution in [2.75, 3.05) is 56.5 Å². The second kappa shape index (κ2) is 10.2. The summed E-state index contributed by atoms with van der Waals surface area (Å²) < 4.78 is 37.7. The maximum Gasteiger partial charge on any atom is 0.417 e. The van der Waals surface area contributed by atoms with Crippen molar-refractivity contribution in [3.05, 3.63) is 48.2 Å². The number of hydrogen-bond acceptors (Lipinski definition) is 5. The largest absolute Gasteiger partial charge is 0.506 e. The van der Waals surface area contributed by atoms with Gasteiger partial charge in [0, 0.05) is 52.5 Å². The minimum absolute atomic E-state index is 0.286. The van der Waals surface area contributed by atoms with E-state index in [4.69, 9.17) is 0 Å². The van der Waals surface area contributed by atoms with Crippen LogP contribution in [0.1, 0.15) is 12.0 Å². The van der Waals surface area contributed by atoms with Crippen LogP contribution < -0.4 is 15.5 Å². The molecular formula is C21H27F3N6O. The third-order valence-electron chi connectivity index (χ3n) is 5.05. The van der Waals surface area contributed by atoms with Gasteiger partial charge in [-0.3, -0.25) is 4.99 Å². The molecule has 0 bridgehead atoms. The number of alkyl halides is 3. The lowest BCUT2D eigenvalue weighted by Gasteiger charge is -2.37. The molecule has 2 heterocycles. The number of halogens is 3. The van der Waals surface area contributed by atoms with E-state index in [2.05, 4.69) is 30.4 Å². The first-order valence-electron chi connectivity index (χ1n) is 10.1. The Labute approximate surface area is 179 Å². The standard InChI is InChI=1S/C21H27F3N6O/c1-25-20(30-13-11-29(12-14-30)17-5-2-3-6-18(17)31)27-10-4-9-26-19-8-7-16(15-28-19)21(22,23)24/h2-3,5-8,15,31H,4,9-14H2,1H3,(H,25,27)(H,26,28). The Morgan fingerprint density at radius 1 is 1.10 bits per heavy atom. The van der Waals surface area contributed by atoms with Crippen molar-refractivity contribution in [1.29, 1.82) is 0 Å². The number of benzene rings is 1. The fourth-order valence-electron chi connectivity index (χ4n) is 3.39. The Kier molecular flexibility index (Phi) is 7.43. The number of nitrogens with zero attached hydrogens (tertiary/aromatic N) is 4. The highest BCUT2D eigenvalue weighted by atomic mass is 19.4. The minimum atomic E-state index is -4.38. The molecule has 1 fully saturated rings. The van der Waals surface area contributed by atoms with E-state index in [-0.39, 0.29) is 5.75 Å². The molecule has 1 aliphatic heterocycles. The fraction of sp³-hybridized carbons (Fsp3) is 0.429. The van der Waals surface area contributed by atoms with Crippen LogP contribution >= 0.6 is 0 Å². The molecule has 3 N–H and O–H groups in total. The molecule has 31 heavy (non-hydrogen) atoms. The number of phenols is 1. The molecule has 0 atom stereocenters. The van der Waals surface area contributed by atoms with Gasteiger partial charge in [0.1, 0.15) is 11.6 Å². The van der Waals surface area contributed by atoms with Crippen molar-refractivity contribution in [3.63, 3.8) is 0 Å². The van der Waals surface area contributed by atoms with Gasteiger partial charge in [-0.15, -0.1) is 0 Å². The summed E-state index contributed by atoms with van der Waals surface area (Å²) in [6, 6.07) is 9.68. The van der Waals surface area contributed by atoms with E-state index in [0.717, 1.165) is 56.5 Å². The van der Waals surface area contributed by atoms with Crippen LogP contribution in [0.2, 0.25) is 0 Å². The molecule has 0 amide bonds. The van der Waals surface area contributed by atoms with Gasteiger partial charge in [-0.05, 0) is 30.7 Å². The number of hydrogen-bond donors (Lipinski definition) is 3. The average molecular weight is 436 g/mol. The van der Waals surface area contributed by atoms with E-state index >= 15 is 0 Å². The number of piperazine rings is 1. The van der Waals surface area contributed by atoms with Crippen LogP contribution in [0, 0.1) is 0 Å². The molecule has 0 aliphatic carbocycles. The summed E-state index contributed by atoms with van der Waals surface area (Å²) in [5, 5.41) is 16.4. The van der Waals surface area contributed by atoms with Crippen LogP contribution in [0.4, 0.5) is 24.7 Å². The fourth-order valence-corrected chi connectivity index (χ4v) is 3.39. The monoisotopic (exact) mass is 436 g/mol. The normalized spacial score (nSPS) is 15.2. The predicted octanol–water partition coefficient (Wildman–Crippen LogP) is 3.01. The van der Waals surface area contributed by atoms with Crippen molar-refractivity contribution >= 4 is 17.5 Å². The van der Waals surface area contributed by atoms with E-state index in [1.807, 2.05) is 18.2 Å². The highest BCUT2D eigenvalue weighted by Crippen LogP contribution is 2.29. The molecule has 7 nitrogen and oxygen atoms in total. The Hall–Kier alpha value is -3.17. The van der Waals surface area contributed by atoms with Gasteiger partial charge in [0.2, 0.25) is 0 Å². The van der Waals surface area contributed by atoms with Crippen LogP contribution in [-0.4, -0.2) is 67.3 Å². The summed E-state index contributed by atoms with van der Waals surface area (Å²) in [4.78, 5) is 12.5. The Morgan fingerprint density at radius 2 is 1.84 bits per heavy atom. The number of guanidine groups is 1. The van der Waals surface area contributed by atoms with Crippen LogP contribution in [-0.2, 0) is 6.18 Å². The molecule has 0 saturated carbocycles. The first-order valence-corrected chi connectivity index (χ1v) is 10.1. The molecule has 2 aromatic rings. The molecule has 3 rings (SSSR count). The number of para-hydroxylation sites is 2. The molecule has 168 valence electrons. The Morgan fingerprint density at radius 3 is 2.45 bits per heavy atom. The van der Waals surface area contributed by atoms with Gasteiger partial charge >= 0.3 is 6.18 Å². The summed E-state index contributed by atoms with van der Waals surface area (Å²) >= 11 is 0. The number of nitrogens with one attached hydrogen (secondary N) is 2. The second-order valence-corrected chi connectivity index (χ2v) is 7.15. The van der Waals surface area contributed by atoms with Gasteiger partial charge in [-0.2, -0.15) is 13.2 Å². The summed E-state index contributed by atoms with van der Waals surface area (Å²) in [6.07, 6.45) is -2.80. The maximum absolute atomic E-state index is 12.6. The third-order valence-corrected chi connectivity index (χ3v) is 5.05. The minimum Gasteiger partial charge on any atom is -0.506 e. The average Bonchev–Trinajstić information content (AvgIpc) is 2.77. The highest BCUT2D eigenvalue weighted by Gasteiger charge is 2.30. The van der Waals surface area contributed by atoms with Crippen LogP contribution in [0.3, 0.4) is 0 Å². The van der Waals surface area contributed by atoms with Crippen LogP contribution in [0.25, 0.3) is 0 Å². The number of anilines is 2. The summed E-state index contributed by atoms with van der Waals surface area (Å²) in [5.74, 6) is 1.51. The van der Waals surface area contributed by atoms with E-state index in [9.17, 15) is 18.3 Å². The predicted molar refractivity (Wildman–Crippen MR) is 116 cm³/mol. The summed E-state index contributed by atoms with van der Waals surface area (Å²) in [5.41, 5.74) is 0.0825. The number of phenolic OH excluding ortho intramolecular Hbond substituents is 1. The quantitative estimate of drug-likeness (QED) is 0.367. The van der Waals surface area contributed by atoms with E-state index in [1.54, 1.807) is 13.1 Å². The molecule has 10 heteroatoms. The number of aromatic hydroxyl groups is 1. The van der Waals surface area contributed by atoms with Crippen LogP contribution in [0.15, 0.2) is 47.6 Å². The number of pyridine rings is 1. The Balaban J connectivity index is 1.38. The SMILES string of the molecule is CN=C(NCCCNc1ccc(C(F)(F)F)cn1)N1CCN(c2ccccc2O)CC1. The Bertz CT molecular complexity index is 864. The molecule has 1 aliphatic rings. The molecule has 1 aromatic carbocycles. The van der Waals surface area contributed by atoms with Crippen LogP contribution in [0.5, 0.6) is 5.75 Å². The van der Waals surface area contributed by atoms with Crippen molar-refractivity contribution in [2.45, 2.75) is 12.6 Å². The van der Waals surface area contributed by atoms with Gasteiger partial charge in [-0.1, -0.05) is 12.1 Å². The van der Waals surface area contributed by atoms with Crippen molar-refractivity contribution in [2.24, 2.45) is 4.99 Å². The van der Waals surface area contributed by atoms with Crippen molar-refractivity contribution in [1.82, 2.24) is 15.2 Å². The smallest absolute Gasteiger partial charge is 0.417 e. The topological polar surface area (TPSA) is 76.0 Å². The number of aromatic nitrogens is 1. The lowest BCUT2D eigenvalue weighted by molar-refractivity contribution is -0.137. The summed E-state index contributed by atoms with van der Waals surface area (Å²) in [6.45, 7) is 4.35. The second-order valence-electron chi connectivity index (χ2n) is 7.15. The third kappa shape index (κ3) is 6.16. The van der Waals surface area contributed by atoms with Crippen molar-refractivity contribution in [3.8, 4) is 5.75 Å². The van der Waals surface area contributed by atoms with Gasteiger partial charge < -0.3 is 25.5 Å². The van der Waals surface area contributed by atoms with Gasteiger partial charge in [0.25, 0.3) is 0 Å². The maximum atomic E-state index is 12.6. The zero-order chi connectivity index (χ0) is 22.3. The first kappa shape index (κ1) is 22.5. The van der Waals surface area contributed by atoms with Gasteiger partial charge in [-0.25, -0.2) is 4.98 Å². The van der Waals surface area contributed by atoms with E-state index < -0.39 is 11.7 Å². The highest BCUT2D eigenvalue weighted by molar-refractivity contribution is 5.80. The molecular weight excluding hydrogens is 409 g/mol. The van der Waals surface area contributed by atoms with Crippen molar-refractivity contribution < 1.29 is 18.3 Å². The molecule has 1 saturated heterocycles. The number of aliphatic imine (C=N–C) groups is 1.